The van der Waals surface area contributed by atoms with E-state index >= 15 is 0 Å². The highest BCUT2D eigenvalue weighted by Crippen LogP contribution is 2.31. The number of fused-ring (bicyclic) bond motifs is 2. The first-order valence-corrected chi connectivity index (χ1v) is 21.6. The number of ether oxygens (including phenoxy) is 4. The Morgan fingerprint density at radius 1 is 0.758 bits per heavy atom. The largest absolute Gasteiger partial charge is 0.377 e. The fraction of sp³-hybridized carbons (Fsp3) is 0.413. The van der Waals surface area contributed by atoms with Crippen molar-refractivity contribution in [1.82, 2.24) is 25.4 Å². The molecule has 0 bridgehead atoms. The summed E-state index contributed by atoms with van der Waals surface area (Å²) in [5.74, 6) is -5.79. The summed E-state index contributed by atoms with van der Waals surface area (Å²) in [6.45, 7) is 3.79. The molecule has 350 valence electrons. The Morgan fingerprint density at radius 2 is 1.41 bits per heavy atom. The third-order valence-corrected chi connectivity index (χ3v) is 11.5. The number of halogens is 2. The molecule has 0 radical (unpaired) electrons. The second kappa shape index (κ2) is 21.6. The molecule has 4 aromatic rings. The van der Waals surface area contributed by atoms with Crippen LogP contribution in [0.1, 0.15) is 56.0 Å². The number of hydrogen-bond acceptors (Lipinski definition) is 12. The fourth-order valence-corrected chi connectivity index (χ4v) is 7.91. The second-order valence-electron chi connectivity index (χ2n) is 16.1. The first-order valence-electron chi connectivity index (χ1n) is 21.6. The number of rotatable bonds is 22. The molecule has 66 heavy (non-hydrogen) atoms. The van der Waals surface area contributed by atoms with Crippen molar-refractivity contribution in [3.05, 3.63) is 94.7 Å². The molecule has 7 rings (SSSR count). The number of benzene rings is 3. The Morgan fingerprint density at radius 3 is 2.09 bits per heavy atom. The Hall–Kier alpha value is -6.61. The zero-order valence-corrected chi connectivity index (χ0v) is 36.6. The monoisotopic (exact) mass is 915 g/mol. The van der Waals surface area contributed by atoms with Gasteiger partial charge in [0.1, 0.15) is 29.3 Å². The van der Waals surface area contributed by atoms with Crippen LogP contribution in [0.4, 0.5) is 20.2 Å². The van der Waals surface area contributed by atoms with Crippen molar-refractivity contribution in [2.45, 2.75) is 31.8 Å². The highest BCUT2D eigenvalue weighted by atomic mass is 19.1. The SMILES string of the molecule is CN(CCOCCOCCOCCOCCN(C)c1ccc2c(c1)C(=O)N(C1CCC(=O)NC1=O)C2=O)C(=O)c1cc2cc(N3CC[C@H](C(=O)NCc4cc(F)cc(F)c4)C3=O)ccc2[nH]1. The average Bonchev–Trinajstić information content (AvgIpc) is 3.97. The van der Waals surface area contributed by atoms with Gasteiger partial charge in [0.25, 0.3) is 17.7 Å². The van der Waals surface area contributed by atoms with E-state index in [0.29, 0.717) is 93.9 Å². The molecule has 3 aliphatic heterocycles. The second-order valence-corrected chi connectivity index (χ2v) is 16.1. The van der Waals surface area contributed by atoms with E-state index in [0.717, 1.165) is 23.1 Å². The number of nitrogens with one attached hydrogen (secondary N) is 3. The molecule has 3 N–H and O–H groups in total. The summed E-state index contributed by atoms with van der Waals surface area (Å²) in [5.41, 5.74) is 3.02. The smallest absolute Gasteiger partial charge is 0.270 e. The normalized spacial score (nSPS) is 17.2. The molecular weight excluding hydrogens is 865 g/mol. The van der Waals surface area contributed by atoms with E-state index in [4.69, 9.17) is 18.9 Å². The number of imide groups is 2. The minimum absolute atomic E-state index is 0.0541. The molecule has 2 atom stereocenters. The van der Waals surface area contributed by atoms with Crippen LogP contribution in [-0.2, 0) is 44.7 Å². The molecule has 1 aromatic heterocycles. The predicted molar refractivity (Wildman–Crippen MR) is 234 cm³/mol. The van der Waals surface area contributed by atoms with Gasteiger partial charge in [-0.15, -0.1) is 0 Å². The average molecular weight is 916 g/mol. The van der Waals surface area contributed by atoms with Gasteiger partial charge in [0.15, 0.2) is 0 Å². The molecule has 0 spiro atoms. The number of amides is 7. The van der Waals surface area contributed by atoms with Gasteiger partial charge in [0.05, 0.1) is 64.0 Å². The van der Waals surface area contributed by atoms with E-state index in [-0.39, 0.29) is 60.9 Å². The van der Waals surface area contributed by atoms with Crippen LogP contribution in [0.5, 0.6) is 0 Å². The van der Waals surface area contributed by atoms with Gasteiger partial charge in [-0.1, -0.05) is 0 Å². The van der Waals surface area contributed by atoms with Crippen LogP contribution in [0.15, 0.2) is 60.7 Å². The third kappa shape index (κ3) is 11.2. The summed E-state index contributed by atoms with van der Waals surface area (Å²) in [5, 5.41) is 5.50. The van der Waals surface area contributed by atoms with Gasteiger partial charge in [-0.2, -0.15) is 0 Å². The lowest BCUT2D eigenvalue weighted by Gasteiger charge is -2.27. The van der Waals surface area contributed by atoms with E-state index in [1.54, 1.807) is 49.5 Å². The number of carbonyl (C=O) groups excluding carboxylic acids is 7. The molecule has 1 unspecified atom stereocenters. The summed E-state index contributed by atoms with van der Waals surface area (Å²) < 4.78 is 49.5. The fourth-order valence-electron chi connectivity index (χ4n) is 7.91. The van der Waals surface area contributed by atoms with E-state index < -0.39 is 53.1 Å². The van der Waals surface area contributed by atoms with Crippen molar-refractivity contribution >= 4 is 63.6 Å². The molecule has 7 amide bonds. The molecule has 18 nitrogen and oxygen atoms in total. The molecule has 0 aliphatic carbocycles. The predicted octanol–water partition coefficient (Wildman–Crippen LogP) is 2.79. The summed E-state index contributed by atoms with van der Waals surface area (Å²) in [6.07, 6.45) is 0.426. The van der Waals surface area contributed by atoms with Gasteiger partial charge >= 0.3 is 0 Å². The van der Waals surface area contributed by atoms with Crippen LogP contribution in [-0.4, -0.2) is 149 Å². The lowest BCUT2D eigenvalue weighted by atomic mass is 10.0. The number of carbonyl (C=O) groups is 7. The quantitative estimate of drug-likeness (QED) is 0.0591. The molecule has 20 heteroatoms. The van der Waals surface area contributed by atoms with Gasteiger partial charge in [-0.25, -0.2) is 8.78 Å². The van der Waals surface area contributed by atoms with Crippen molar-refractivity contribution in [3.8, 4) is 0 Å². The topological polar surface area (TPSA) is 209 Å². The highest BCUT2D eigenvalue weighted by Gasteiger charge is 2.45. The summed E-state index contributed by atoms with van der Waals surface area (Å²) in [7, 11) is 3.50. The molecule has 3 aromatic carbocycles. The van der Waals surface area contributed by atoms with Crippen LogP contribution < -0.4 is 20.4 Å². The van der Waals surface area contributed by atoms with Crippen molar-refractivity contribution < 1.29 is 61.3 Å². The van der Waals surface area contributed by atoms with E-state index in [1.807, 2.05) is 11.9 Å². The number of H-pyrrole nitrogens is 1. The third-order valence-electron chi connectivity index (χ3n) is 11.5. The van der Waals surface area contributed by atoms with Crippen molar-refractivity contribution in [2.24, 2.45) is 5.92 Å². The van der Waals surface area contributed by atoms with Gasteiger partial charge in [-0.05, 0) is 73.0 Å². The van der Waals surface area contributed by atoms with Crippen molar-refractivity contribution in [1.29, 1.82) is 0 Å². The van der Waals surface area contributed by atoms with Gasteiger partial charge in [-0.3, -0.25) is 43.8 Å². The van der Waals surface area contributed by atoms with E-state index in [2.05, 4.69) is 15.6 Å². The number of piperidine rings is 1. The van der Waals surface area contributed by atoms with Crippen LogP contribution in [0.3, 0.4) is 0 Å². The zero-order chi connectivity index (χ0) is 46.9. The lowest BCUT2D eigenvalue weighted by molar-refractivity contribution is -0.136. The number of aromatic amines is 1. The van der Waals surface area contributed by atoms with Gasteiger partial charge < -0.3 is 43.9 Å². The molecule has 4 heterocycles. The first kappa shape index (κ1) is 47.4. The number of nitrogens with zero attached hydrogens (tertiary/aromatic N) is 4. The van der Waals surface area contributed by atoms with Crippen LogP contribution in [0.2, 0.25) is 0 Å². The number of likely N-dealkylation sites (N-methyl/N-ethyl adjacent to an activating group) is 2. The van der Waals surface area contributed by atoms with Gasteiger partial charge in [0, 0.05) is 75.0 Å². The maximum atomic E-state index is 13.5. The lowest BCUT2D eigenvalue weighted by Crippen LogP contribution is -2.54. The van der Waals surface area contributed by atoms with Crippen LogP contribution >= 0.6 is 0 Å². The minimum Gasteiger partial charge on any atom is -0.377 e. The zero-order valence-electron chi connectivity index (χ0n) is 36.6. The Bertz CT molecular complexity index is 2480. The number of anilines is 2. The molecule has 3 aliphatic rings. The summed E-state index contributed by atoms with van der Waals surface area (Å²) in [4.78, 5) is 98.1. The van der Waals surface area contributed by atoms with Crippen molar-refractivity contribution in [3.63, 3.8) is 0 Å². The maximum absolute atomic E-state index is 13.5. The summed E-state index contributed by atoms with van der Waals surface area (Å²) >= 11 is 0. The van der Waals surface area contributed by atoms with Crippen LogP contribution in [0, 0.1) is 17.6 Å². The number of aromatic nitrogens is 1. The van der Waals surface area contributed by atoms with Crippen molar-refractivity contribution in [2.75, 3.05) is 96.4 Å². The Balaban J connectivity index is 0.720. The van der Waals surface area contributed by atoms with Gasteiger partial charge in [0.2, 0.25) is 23.6 Å². The highest BCUT2D eigenvalue weighted by molar-refractivity contribution is 6.23. The number of hydrogen-bond donors (Lipinski definition) is 3. The maximum Gasteiger partial charge on any atom is 0.270 e. The summed E-state index contributed by atoms with van der Waals surface area (Å²) in [6, 6.07) is 13.9. The Kier molecular flexibility index (Phi) is 15.5. The molecule has 2 fully saturated rings. The molecule has 2 saturated heterocycles. The molecular formula is C46H51F2N7O11. The van der Waals surface area contributed by atoms with Crippen LogP contribution in [0.25, 0.3) is 10.9 Å². The minimum atomic E-state index is -1.02. The first-order chi connectivity index (χ1) is 31.8. The van der Waals surface area contributed by atoms with E-state index in [1.165, 1.54) is 9.80 Å². The molecule has 0 saturated carbocycles. The Labute approximate surface area is 378 Å². The van der Waals surface area contributed by atoms with E-state index in [9.17, 15) is 42.3 Å². The standard InChI is InChI=1S/C46H51F2N7O11/c1-52(32-3-5-34-36(26-32)45(61)55(44(34)60)39-7-8-40(56)51-42(39)58)11-13-63-15-17-65-19-20-66-18-16-64-14-12-53(2)46(62)38-24-29-23-33(4-6-37(29)50-38)54-10-9-35(43(54)59)41(57)49-27-28-21-30(47)25-31(48)22-28/h3-6,21-26,35,39,50H,7-20,27H2,1-2H3,(H,49,57)(H,51,56,58)/t35-,39?/m1/s1.